The third-order valence-corrected chi connectivity index (χ3v) is 5.21. The number of hydrogen-bond donors (Lipinski definition) is 3. The summed E-state index contributed by atoms with van der Waals surface area (Å²) in [6, 6.07) is 7.75. The van der Waals surface area contributed by atoms with Crippen LogP contribution in [-0.4, -0.2) is 53.8 Å². The van der Waals surface area contributed by atoms with E-state index in [-0.39, 0.29) is 0 Å². The highest BCUT2D eigenvalue weighted by molar-refractivity contribution is 7.80. The van der Waals surface area contributed by atoms with Gasteiger partial charge in [0, 0.05) is 19.6 Å². The summed E-state index contributed by atoms with van der Waals surface area (Å²) in [4.78, 5) is 13.6. The van der Waals surface area contributed by atoms with Crippen LogP contribution in [0.2, 0.25) is 0 Å². The number of nitrogens with zero attached hydrogens (tertiary/aromatic N) is 2. The Labute approximate surface area is 179 Å². The van der Waals surface area contributed by atoms with Crippen LogP contribution in [0.15, 0.2) is 24.3 Å². The van der Waals surface area contributed by atoms with Crippen LogP contribution in [0, 0.1) is 0 Å². The summed E-state index contributed by atoms with van der Waals surface area (Å²) in [5, 5.41) is 5.21. The minimum atomic E-state index is -0.613. The molecule has 0 unspecified atom stereocenters. The van der Waals surface area contributed by atoms with Gasteiger partial charge in [0.05, 0.1) is 6.61 Å². The normalized spacial score (nSPS) is 14.2. The van der Waals surface area contributed by atoms with Crippen LogP contribution >= 0.6 is 12.2 Å². The smallest absolute Gasteiger partial charge is 0.331 e. The van der Waals surface area contributed by atoms with Gasteiger partial charge in [0.25, 0.3) is 0 Å². The summed E-state index contributed by atoms with van der Waals surface area (Å²) in [6.45, 7) is 7.35. The standard InChI is InChI=1S/C21H35N5O2S/c1-2-3-14-26(24-20(22)27)21(29)23-11-8-15-28-19-10-7-9-18(16-19)17-25-12-5-4-6-13-25/h7,9-10,16H,2-6,8,11-15,17H2,1H3,(H,23,29)(H3,22,24,27). The topological polar surface area (TPSA) is 82.9 Å². The number of likely N-dealkylation sites (tertiary alicyclic amines) is 1. The molecule has 8 heteroatoms. The van der Waals surface area contributed by atoms with Crippen LogP contribution in [-0.2, 0) is 6.54 Å². The van der Waals surface area contributed by atoms with Gasteiger partial charge in [-0.1, -0.05) is 31.9 Å². The number of rotatable bonds is 10. The lowest BCUT2D eigenvalue weighted by molar-refractivity contribution is 0.220. The molecule has 0 atom stereocenters. The Kier molecular flexibility index (Phi) is 10.6. The summed E-state index contributed by atoms with van der Waals surface area (Å²) in [6.07, 6.45) is 6.68. The Hall–Kier alpha value is -2.06. The van der Waals surface area contributed by atoms with Crippen LogP contribution in [0.5, 0.6) is 5.75 Å². The molecular weight excluding hydrogens is 386 g/mol. The van der Waals surface area contributed by atoms with Crippen molar-refractivity contribution in [3.05, 3.63) is 29.8 Å². The molecule has 0 bridgehead atoms. The summed E-state index contributed by atoms with van der Waals surface area (Å²) in [7, 11) is 0. The van der Waals surface area contributed by atoms with Crippen molar-refractivity contribution in [3.63, 3.8) is 0 Å². The molecule has 162 valence electrons. The Bertz CT molecular complexity index is 637. The van der Waals surface area contributed by atoms with Crippen LogP contribution < -0.4 is 21.2 Å². The molecule has 0 radical (unpaired) electrons. The number of urea groups is 1. The van der Waals surface area contributed by atoms with Gasteiger partial charge in [-0.05, 0) is 68.7 Å². The maximum atomic E-state index is 11.1. The van der Waals surface area contributed by atoms with Crippen molar-refractivity contribution in [2.24, 2.45) is 5.73 Å². The molecule has 4 N–H and O–H groups in total. The summed E-state index contributed by atoms with van der Waals surface area (Å²) in [5.41, 5.74) is 9.07. The molecule has 1 saturated heterocycles. The first kappa shape index (κ1) is 23.2. The third-order valence-electron chi connectivity index (χ3n) is 4.84. The van der Waals surface area contributed by atoms with Crippen LogP contribution in [0.4, 0.5) is 4.79 Å². The van der Waals surface area contributed by atoms with Crippen LogP contribution in [0.3, 0.4) is 0 Å². The number of carbonyl (C=O) groups is 1. The number of nitrogens with two attached hydrogens (primary N) is 1. The third kappa shape index (κ3) is 9.32. The molecule has 29 heavy (non-hydrogen) atoms. The van der Waals surface area contributed by atoms with Gasteiger partial charge in [-0.2, -0.15) is 0 Å². The van der Waals surface area contributed by atoms with E-state index in [0.29, 0.717) is 24.8 Å². The highest BCUT2D eigenvalue weighted by Gasteiger charge is 2.11. The molecular formula is C21H35N5O2S. The molecule has 7 nitrogen and oxygen atoms in total. The quantitative estimate of drug-likeness (QED) is 0.306. The first-order chi connectivity index (χ1) is 14.1. The van der Waals surface area contributed by atoms with E-state index < -0.39 is 6.03 Å². The van der Waals surface area contributed by atoms with Crippen molar-refractivity contribution in [2.45, 2.75) is 52.0 Å². The molecule has 1 fully saturated rings. The maximum Gasteiger partial charge on any atom is 0.331 e. The minimum absolute atomic E-state index is 0.473. The average molecular weight is 422 g/mol. The molecule has 2 amide bonds. The molecule has 0 aromatic heterocycles. The molecule has 1 aliphatic rings. The van der Waals surface area contributed by atoms with Crippen molar-refractivity contribution >= 4 is 23.4 Å². The predicted molar refractivity (Wildman–Crippen MR) is 121 cm³/mol. The SMILES string of the molecule is CCCCN(NC(N)=O)C(=S)NCCCOc1cccc(CN2CCCCC2)c1. The molecule has 2 rings (SSSR count). The molecule has 1 aromatic rings. The molecule has 0 aliphatic carbocycles. The van der Waals surface area contributed by atoms with Gasteiger partial charge in [-0.25, -0.2) is 10.2 Å². The number of amides is 2. The largest absolute Gasteiger partial charge is 0.494 e. The van der Waals surface area contributed by atoms with E-state index in [1.165, 1.54) is 37.9 Å². The zero-order chi connectivity index (χ0) is 20.9. The fourth-order valence-corrected chi connectivity index (χ4v) is 3.56. The first-order valence-corrected chi connectivity index (χ1v) is 11.0. The number of carbonyl (C=O) groups excluding carboxylic acids is 1. The van der Waals surface area contributed by atoms with Crippen LogP contribution in [0.1, 0.15) is 51.0 Å². The zero-order valence-electron chi connectivity index (χ0n) is 17.5. The van der Waals surface area contributed by atoms with E-state index >= 15 is 0 Å². The minimum Gasteiger partial charge on any atom is -0.494 e. The average Bonchev–Trinajstić information content (AvgIpc) is 2.71. The lowest BCUT2D eigenvalue weighted by Crippen LogP contribution is -2.52. The number of primary amides is 1. The fraction of sp³-hybridized carbons (Fsp3) is 0.619. The second kappa shape index (κ2) is 13.2. The second-order valence-electron chi connectivity index (χ2n) is 7.40. The van der Waals surface area contributed by atoms with E-state index in [1.807, 2.05) is 6.07 Å². The number of ether oxygens (including phenoxy) is 1. The Morgan fingerprint density at radius 2 is 2.07 bits per heavy atom. The van der Waals surface area contributed by atoms with Gasteiger partial charge >= 0.3 is 6.03 Å². The number of unbranched alkanes of at least 4 members (excludes halogenated alkanes) is 1. The monoisotopic (exact) mass is 421 g/mol. The molecule has 1 aromatic carbocycles. The lowest BCUT2D eigenvalue weighted by atomic mass is 10.1. The van der Waals surface area contributed by atoms with Gasteiger partial charge in [-0.3, -0.25) is 9.91 Å². The summed E-state index contributed by atoms with van der Waals surface area (Å²) in [5.74, 6) is 0.905. The Morgan fingerprint density at radius 1 is 1.28 bits per heavy atom. The summed E-state index contributed by atoms with van der Waals surface area (Å²) >= 11 is 5.34. The maximum absolute atomic E-state index is 11.1. The number of hydrazine groups is 1. The van der Waals surface area contributed by atoms with E-state index in [4.69, 9.17) is 22.7 Å². The van der Waals surface area contributed by atoms with E-state index in [1.54, 1.807) is 5.01 Å². The van der Waals surface area contributed by atoms with Crippen molar-refractivity contribution in [1.29, 1.82) is 0 Å². The molecule has 1 heterocycles. The highest BCUT2D eigenvalue weighted by atomic mass is 32.1. The second-order valence-corrected chi connectivity index (χ2v) is 7.79. The lowest BCUT2D eigenvalue weighted by Gasteiger charge is -2.26. The van der Waals surface area contributed by atoms with Gasteiger partial charge in [0.15, 0.2) is 5.11 Å². The predicted octanol–water partition coefficient (Wildman–Crippen LogP) is 3.00. The Morgan fingerprint density at radius 3 is 2.79 bits per heavy atom. The van der Waals surface area contributed by atoms with Crippen molar-refractivity contribution in [1.82, 2.24) is 20.7 Å². The number of hydrogen-bond acceptors (Lipinski definition) is 4. The zero-order valence-corrected chi connectivity index (χ0v) is 18.3. The van der Waals surface area contributed by atoms with E-state index in [2.05, 4.69) is 40.8 Å². The fourth-order valence-electron chi connectivity index (χ4n) is 3.32. The van der Waals surface area contributed by atoms with Crippen molar-refractivity contribution in [3.8, 4) is 5.75 Å². The van der Waals surface area contributed by atoms with E-state index in [0.717, 1.165) is 31.6 Å². The number of thiocarbonyl (C=S) groups is 1. The van der Waals surface area contributed by atoms with Crippen LogP contribution in [0.25, 0.3) is 0 Å². The van der Waals surface area contributed by atoms with E-state index in [9.17, 15) is 4.79 Å². The van der Waals surface area contributed by atoms with Crippen molar-refractivity contribution < 1.29 is 9.53 Å². The van der Waals surface area contributed by atoms with Gasteiger partial charge < -0.3 is 15.8 Å². The van der Waals surface area contributed by atoms with Crippen molar-refractivity contribution in [2.75, 3.05) is 32.8 Å². The number of benzene rings is 1. The Balaban J connectivity index is 1.68. The molecule has 1 aliphatic heterocycles. The number of nitrogens with one attached hydrogen (secondary N) is 2. The number of piperidine rings is 1. The summed E-state index contributed by atoms with van der Waals surface area (Å²) < 4.78 is 5.90. The highest BCUT2D eigenvalue weighted by Crippen LogP contribution is 2.17. The molecule has 0 spiro atoms. The van der Waals surface area contributed by atoms with Gasteiger partial charge in [0.2, 0.25) is 0 Å². The van der Waals surface area contributed by atoms with Gasteiger partial charge in [0.1, 0.15) is 5.75 Å². The van der Waals surface area contributed by atoms with Gasteiger partial charge in [-0.15, -0.1) is 0 Å². The first-order valence-electron chi connectivity index (χ1n) is 10.6. The molecule has 0 saturated carbocycles.